The minimum Gasteiger partial charge on any atom is -0.491 e. The molecule has 7 heteroatoms. The van der Waals surface area contributed by atoms with Crippen LogP contribution < -0.4 is 10.5 Å². The molecule has 1 saturated carbocycles. The second-order valence-electron chi connectivity index (χ2n) is 8.09. The fourth-order valence-electron chi connectivity index (χ4n) is 3.90. The van der Waals surface area contributed by atoms with Crippen molar-refractivity contribution in [1.82, 2.24) is 0 Å². The van der Waals surface area contributed by atoms with Gasteiger partial charge in [-0.3, -0.25) is 4.52 Å². The maximum Gasteiger partial charge on any atom is 0.469 e. The molecule has 0 aromatic heterocycles. The third kappa shape index (κ3) is 6.95. The average molecular weight is 419 g/mol. The Morgan fingerprint density at radius 2 is 1.86 bits per heavy atom. The van der Waals surface area contributed by atoms with E-state index in [1.807, 2.05) is 30.3 Å². The number of phosphoric ester groups is 1. The molecule has 4 N–H and O–H groups in total. The van der Waals surface area contributed by atoms with Crippen molar-refractivity contribution in [3.05, 3.63) is 65.7 Å². The van der Waals surface area contributed by atoms with Crippen molar-refractivity contribution in [2.24, 2.45) is 5.73 Å². The standard InChI is InChI=1S/C22H30NO5P/c1-17(28-21-5-3-2-4-6-21)7-8-18-9-11-19(12-10-18)20-13-14-22(23,15-20)16-27-29(24,25)26/h2-6,9-12,17,20H,7-8,13-16,23H2,1H3,(H2,24,25,26)/t17?,20-,22-/m1/s1. The average Bonchev–Trinajstić information content (AvgIpc) is 3.08. The molecule has 0 radical (unpaired) electrons. The fourth-order valence-corrected chi connectivity index (χ4v) is 4.33. The van der Waals surface area contributed by atoms with Crippen LogP contribution in [0.25, 0.3) is 0 Å². The number of rotatable bonds is 9. The lowest BCUT2D eigenvalue weighted by molar-refractivity contribution is 0.153. The SMILES string of the molecule is CC(CCc1ccc([C@@H]2CC[C@](N)(COP(=O)(O)O)C2)cc1)Oc1ccccc1. The van der Waals surface area contributed by atoms with Crippen LogP contribution in [0.15, 0.2) is 54.6 Å². The second kappa shape index (κ2) is 9.41. The number of hydrogen-bond acceptors (Lipinski definition) is 4. The van der Waals surface area contributed by atoms with Crippen LogP contribution in [0.2, 0.25) is 0 Å². The molecule has 1 aliphatic carbocycles. The van der Waals surface area contributed by atoms with Gasteiger partial charge in [0.15, 0.2) is 0 Å². The summed E-state index contributed by atoms with van der Waals surface area (Å²) in [5, 5.41) is 0. The Labute approximate surface area is 172 Å². The first kappa shape index (κ1) is 22.0. The highest BCUT2D eigenvalue weighted by atomic mass is 31.2. The Balaban J connectivity index is 1.48. The van der Waals surface area contributed by atoms with Gasteiger partial charge in [-0.1, -0.05) is 42.5 Å². The van der Waals surface area contributed by atoms with E-state index in [1.165, 1.54) is 11.1 Å². The molecule has 3 rings (SSSR count). The molecule has 0 saturated heterocycles. The summed E-state index contributed by atoms with van der Waals surface area (Å²) in [6.07, 6.45) is 4.25. The van der Waals surface area contributed by atoms with Gasteiger partial charge in [-0.2, -0.15) is 0 Å². The van der Waals surface area contributed by atoms with Crippen molar-refractivity contribution in [2.75, 3.05) is 6.61 Å². The summed E-state index contributed by atoms with van der Waals surface area (Å²) in [4.78, 5) is 17.8. The number of para-hydroxylation sites is 1. The van der Waals surface area contributed by atoms with Crippen LogP contribution in [0.3, 0.4) is 0 Å². The molecule has 1 unspecified atom stereocenters. The number of ether oxygens (including phenoxy) is 1. The van der Waals surface area contributed by atoms with Crippen LogP contribution in [0.5, 0.6) is 5.75 Å². The van der Waals surface area contributed by atoms with Gasteiger partial charge in [0.25, 0.3) is 0 Å². The summed E-state index contributed by atoms with van der Waals surface area (Å²) in [7, 11) is -4.49. The maximum atomic E-state index is 10.9. The Hall–Kier alpha value is -1.69. The highest BCUT2D eigenvalue weighted by molar-refractivity contribution is 7.46. The third-order valence-electron chi connectivity index (χ3n) is 5.53. The molecule has 0 amide bonds. The smallest absolute Gasteiger partial charge is 0.469 e. The van der Waals surface area contributed by atoms with E-state index in [4.69, 9.17) is 20.3 Å². The molecule has 0 spiro atoms. The number of phosphoric acid groups is 1. The van der Waals surface area contributed by atoms with Gasteiger partial charge in [-0.25, -0.2) is 4.57 Å². The van der Waals surface area contributed by atoms with Gasteiger partial charge >= 0.3 is 7.82 Å². The quantitative estimate of drug-likeness (QED) is 0.528. The summed E-state index contributed by atoms with van der Waals surface area (Å²) < 4.78 is 21.5. The highest BCUT2D eigenvalue weighted by Crippen LogP contribution is 2.43. The Morgan fingerprint density at radius 3 is 2.52 bits per heavy atom. The number of benzene rings is 2. The Morgan fingerprint density at radius 1 is 1.17 bits per heavy atom. The van der Waals surface area contributed by atoms with Crippen LogP contribution in [-0.2, 0) is 15.5 Å². The van der Waals surface area contributed by atoms with E-state index in [0.29, 0.717) is 12.8 Å². The molecule has 1 aliphatic rings. The van der Waals surface area contributed by atoms with Crippen LogP contribution in [0.4, 0.5) is 0 Å². The minimum atomic E-state index is -4.49. The molecule has 6 nitrogen and oxygen atoms in total. The van der Waals surface area contributed by atoms with E-state index in [1.54, 1.807) is 0 Å². The highest BCUT2D eigenvalue weighted by Gasteiger charge is 2.38. The Bertz CT molecular complexity index is 823. The first-order chi connectivity index (χ1) is 13.7. The molecule has 3 atom stereocenters. The van der Waals surface area contributed by atoms with E-state index in [9.17, 15) is 4.57 Å². The lowest BCUT2D eigenvalue weighted by Gasteiger charge is -2.24. The van der Waals surface area contributed by atoms with Gasteiger partial charge < -0.3 is 20.3 Å². The van der Waals surface area contributed by atoms with Crippen molar-refractivity contribution >= 4 is 7.82 Å². The maximum absolute atomic E-state index is 10.9. The topological polar surface area (TPSA) is 102 Å². The first-order valence-corrected chi connectivity index (χ1v) is 11.5. The fraction of sp³-hybridized carbons (Fsp3) is 0.455. The van der Waals surface area contributed by atoms with Gasteiger partial charge in [0, 0.05) is 5.54 Å². The largest absolute Gasteiger partial charge is 0.491 e. The zero-order chi connectivity index (χ0) is 20.9. The van der Waals surface area contributed by atoms with Crippen molar-refractivity contribution < 1.29 is 23.6 Å². The summed E-state index contributed by atoms with van der Waals surface area (Å²) in [5.41, 5.74) is 8.08. The van der Waals surface area contributed by atoms with Crippen LogP contribution >= 0.6 is 7.82 Å². The molecule has 0 aliphatic heterocycles. The van der Waals surface area contributed by atoms with E-state index in [2.05, 4.69) is 35.7 Å². The van der Waals surface area contributed by atoms with E-state index in [0.717, 1.165) is 25.0 Å². The minimum absolute atomic E-state index is 0.120. The van der Waals surface area contributed by atoms with Crippen molar-refractivity contribution in [1.29, 1.82) is 0 Å². The molecule has 29 heavy (non-hydrogen) atoms. The van der Waals surface area contributed by atoms with Crippen LogP contribution in [0, 0.1) is 0 Å². The van der Waals surface area contributed by atoms with Gasteiger partial charge in [0.2, 0.25) is 0 Å². The van der Waals surface area contributed by atoms with Crippen LogP contribution in [-0.4, -0.2) is 28.0 Å². The lowest BCUT2D eigenvalue weighted by atomic mass is 9.92. The zero-order valence-electron chi connectivity index (χ0n) is 16.7. The normalized spacial score (nSPS) is 23.1. The van der Waals surface area contributed by atoms with Crippen molar-refractivity contribution in [3.63, 3.8) is 0 Å². The number of nitrogens with two attached hydrogens (primary N) is 1. The first-order valence-electron chi connectivity index (χ1n) is 10.0. The van der Waals surface area contributed by atoms with Crippen molar-refractivity contribution in [2.45, 2.75) is 56.6 Å². The summed E-state index contributed by atoms with van der Waals surface area (Å²) in [5.74, 6) is 1.18. The zero-order valence-corrected chi connectivity index (χ0v) is 17.6. The van der Waals surface area contributed by atoms with Gasteiger partial charge in [-0.05, 0) is 68.2 Å². The van der Waals surface area contributed by atoms with Gasteiger partial charge in [0.05, 0.1) is 12.7 Å². The summed E-state index contributed by atoms with van der Waals surface area (Å²) >= 11 is 0. The second-order valence-corrected chi connectivity index (χ2v) is 9.33. The predicted molar refractivity (Wildman–Crippen MR) is 113 cm³/mol. The molecular formula is C22H30NO5P. The number of aryl methyl sites for hydroxylation is 1. The van der Waals surface area contributed by atoms with Gasteiger partial charge in [-0.15, -0.1) is 0 Å². The Kier molecular flexibility index (Phi) is 7.14. The van der Waals surface area contributed by atoms with Crippen LogP contribution in [0.1, 0.15) is 49.7 Å². The van der Waals surface area contributed by atoms with E-state index >= 15 is 0 Å². The monoisotopic (exact) mass is 419 g/mol. The van der Waals surface area contributed by atoms with E-state index in [-0.39, 0.29) is 18.6 Å². The van der Waals surface area contributed by atoms with E-state index < -0.39 is 13.4 Å². The molecule has 0 heterocycles. The molecule has 2 aromatic rings. The molecule has 1 fully saturated rings. The number of hydrogen-bond donors (Lipinski definition) is 3. The van der Waals surface area contributed by atoms with Gasteiger partial charge in [0.1, 0.15) is 5.75 Å². The predicted octanol–water partition coefficient (Wildman–Crippen LogP) is 4.16. The third-order valence-corrected chi connectivity index (χ3v) is 6.00. The summed E-state index contributed by atoms with van der Waals surface area (Å²) in [6.45, 7) is 1.96. The molecule has 158 valence electrons. The molecular weight excluding hydrogens is 389 g/mol. The lowest BCUT2D eigenvalue weighted by Crippen LogP contribution is -2.41. The summed E-state index contributed by atoms with van der Waals surface area (Å²) in [6, 6.07) is 18.4. The molecule has 2 aromatic carbocycles. The van der Waals surface area contributed by atoms with Crippen molar-refractivity contribution in [3.8, 4) is 5.75 Å². The molecule has 0 bridgehead atoms.